The number of hydrogen-bond acceptors (Lipinski definition) is 7. The number of nitrogens with one attached hydrogen (secondary N) is 1. The van der Waals surface area contributed by atoms with Crippen LogP contribution in [0.5, 0.6) is 0 Å². The summed E-state index contributed by atoms with van der Waals surface area (Å²) < 4.78 is 30.1. The Bertz CT molecular complexity index is 1050. The van der Waals surface area contributed by atoms with Gasteiger partial charge in [0.1, 0.15) is 6.04 Å². The van der Waals surface area contributed by atoms with Crippen molar-refractivity contribution in [1.82, 2.24) is 0 Å². The number of hydrogen-bond donors (Lipinski definition) is 1. The number of rotatable bonds is 7. The Balaban J connectivity index is 2.40. The maximum absolute atomic E-state index is 12.8. The third-order valence-corrected chi connectivity index (χ3v) is 5.22. The number of esters is 1. The van der Waals surface area contributed by atoms with Gasteiger partial charge in [-0.25, -0.2) is 13.2 Å². The van der Waals surface area contributed by atoms with Crippen LogP contribution in [-0.4, -0.2) is 44.6 Å². The molecule has 29 heavy (non-hydrogen) atoms. The highest BCUT2D eigenvalue weighted by atomic mass is 32.2. The monoisotopic (exact) mass is 421 g/mol. The number of methoxy groups -OCH3 is 1. The number of para-hydroxylation sites is 1. The Morgan fingerprint density at radius 2 is 1.83 bits per heavy atom. The first kappa shape index (κ1) is 21.8. The smallest absolute Gasteiger partial charge is 0.339 e. The molecule has 1 atom stereocenters. The largest absolute Gasteiger partial charge is 0.465 e. The zero-order chi connectivity index (χ0) is 21.8. The number of nitro groups is 1. The van der Waals surface area contributed by atoms with E-state index in [2.05, 4.69) is 10.1 Å². The lowest BCUT2D eigenvalue weighted by molar-refractivity contribution is -0.384. The van der Waals surface area contributed by atoms with Gasteiger partial charge in [-0.15, -0.1) is 0 Å². The molecule has 2 aromatic carbocycles. The van der Waals surface area contributed by atoms with Gasteiger partial charge in [-0.2, -0.15) is 0 Å². The summed E-state index contributed by atoms with van der Waals surface area (Å²) in [6, 6.07) is 9.75. The van der Waals surface area contributed by atoms with Crippen molar-refractivity contribution >= 4 is 39.0 Å². The van der Waals surface area contributed by atoms with Gasteiger partial charge in [0.15, 0.2) is 0 Å². The minimum Gasteiger partial charge on any atom is -0.465 e. The molecule has 0 radical (unpaired) electrons. The number of anilines is 2. The van der Waals surface area contributed by atoms with Crippen molar-refractivity contribution in [2.75, 3.05) is 23.0 Å². The second kappa shape index (κ2) is 8.69. The van der Waals surface area contributed by atoms with E-state index in [9.17, 15) is 28.1 Å². The molecule has 0 saturated carbocycles. The summed E-state index contributed by atoms with van der Waals surface area (Å²) in [7, 11) is -2.78. The Kier molecular flexibility index (Phi) is 6.54. The minimum absolute atomic E-state index is 0.0365. The molecule has 2 rings (SSSR count). The van der Waals surface area contributed by atoms with Crippen LogP contribution >= 0.6 is 0 Å². The first-order valence-electron chi connectivity index (χ1n) is 8.28. The predicted molar refractivity (Wildman–Crippen MR) is 106 cm³/mol. The van der Waals surface area contributed by atoms with Gasteiger partial charge < -0.3 is 10.1 Å². The normalized spacial score (nSPS) is 12.0. The lowest BCUT2D eigenvalue weighted by Gasteiger charge is -2.28. The zero-order valence-corrected chi connectivity index (χ0v) is 16.7. The maximum atomic E-state index is 12.8. The molecule has 0 aliphatic heterocycles. The molecule has 0 aliphatic rings. The van der Waals surface area contributed by atoms with Crippen LogP contribution in [0.3, 0.4) is 0 Å². The Morgan fingerprint density at radius 3 is 2.41 bits per heavy atom. The molecule has 0 fully saturated rings. The molecular formula is C18H19N3O7S. The van der Waals surface area contributed by atoms with Gasteiger partial charge in [0, 0.05) is 12.1 Å². The van der Waals surface area contributed by atoms with Crippen LogP contribution in [0.4, 0.5) is 17.1 Å². The van der Waals surface area contributed by atoms with E-state index in [1.165, 1.54) is 44.4 Å². The van der Waals surface area contributed by atoms with Crippen LogP contribution in [-0.2, 0) is 19.6 Å². The van der Waals surface area contributed by atoms with E-state index in [0.29, 0.717) is 0 Å². The van der Waals surface area contributed by atoms with Crippen LogP contribution in [0.25, 0.3) is 0 Å². The topological polar surface area (TPSA) is 136 Å². The number of non-ortho nitro benzene ring substituents is 1. The molecule has 10 nitrogen and oxygen atoms in total. The lowest BCUT2D eigenvalue weighted by atomic mass is 10.1. The van der Waals surface area contributed by atoms with Gasteiger partial charge in [0.25, 0.3) is 5.69 Å². The molecule has 0 spiro atoms. The summed E-state index contributed by atoms with van der Waals surface area (Å²) in [4.78, 5) is 35.0. The number of amides is 1. The summed E-state index contributed by atoms with van der Waals surface area (Å²) in [5.41, 5.74) is -0.120. The summed E-state index contributed by atoms with van der Waals surface area (Å²) in [6.45, 7) is 1.33. The van der Waals surface area contributed by atoms with Crippen molar-refractivity contribution in [2.24, 2.45) is 0 Å². The molecule has 154 valence electrons. The number of ether oxygens (including phenoxy) is 1. The molecule has 0 aromatic heterocycles. The molecule has 2 aromatic rings. The first-order valence-corrected chi connectivity index (χ1v) is 10.1. The molecule has 0 heterocycles. The molecule has 1 N–H and O–H groups in total. The minimum atomic E-state index is -3.97. The molecule has 0 saturated heterocycles. The molecule has 1 amide bonds. The second-order valence-corrected chi connectivity index (χ2v) is 7.90. The Morgan fingerprint density at radius 1 is 1.17 bits per heavy atom. The van der Waals surface area contributed by atoms with Crippen LogP contribution in [0.15, 0.2) is 48.5 Å². The molecule has 11 heteroatoms. The number of carbonyl (C=O) groups excluding carboxylic acids is 2. The van der Waals surface area contributed by atoms with E-state index in [1.54, 1.807) is 12.1 Å². The summed E-state index contributed by atoms with van der Waals surface area (Å²) in [5.74, 6) is -1.41. The second-order valence-electron chi connectivity index (χ2n) is 6.04. The van der Waals surface area contributed by atoms with Crippen molar-refractivity contribution in [3.05, 3.63) is 64.2 Å². The standard InChI is InChI=1S/C18H19N3O7S/c1-12(17(22)19-16-10-5-4-9-15(16)18(23)28-2)20(29(3,26)27)13-7-6-8-14(11-13)21(24)25/h4-12H,1-3H3,(H,19,22)/t12-/m0/s1. The SMILES string of the molecule is COC(=O)c1ccccc1NC(=O)[C@H](C)N(c1cccc([N+](=O)[O-])c1)S(C)(=O)=O. The fourth-order valence-corrected chi connectivity index (χ4v) is 3.84. The van der Waals surface area contributed by atoms with Gasteiger partial charge in [0.2, 0.25) is 15.9 Å². The number of nitrogens with zero attached hydrogens (tertiary/aromatic N) is 2. The van der Waals surface area contributed by atoms with E-state index in [4.69, 9.17) is 0 Å². The fourth-order valence-electron chi connectivity index (χ4n) is 2.67. The van der Waals surface area contributed by atoms with Crippen molar-refractivity contribution < 1.29 is 27.7 Å². The van der Waals surface area contributed by atoms with Gasteiger partial charge in [0.05, 0.1) is 35.2 Å². The first-order chi connectivity index (χ1) is 13.6. The molecule has 0 unspecified atom stereocenters. The number of nitro benzene ring substituents is 1. The lowest BCUT2D eigenvalue weighted by Crippen LogP contribution is -2.45. The Labute approximate surface area is 167 Å². The number of carbonyl (C=O) groups is 2. The number of sulfonamides is 1. The van der Waals surface area contributed by atoms with E-state index in [0.717, 1.165) is 16.6 Å². The summed E-state index contributed by atoms with van der Waals surface area (Å²) in [5, 5.41) is 13.5. The number of benzene rings is 2. The third kappa shape index (κ3) is 5.08. The van der Waals surface area contributed by atoms with E-state index in [-0.39, 0.29) is 22.6 Å². The van der Waals surface area contributed by atoms with Crippen molar-refractivity contribution in [3.63, 3.8) is 0 Å². The maximum Gasteiger partial charge on any atom is 0.339 e. The zero-order valence-electron chi connectivity index (χ0n) is 15.9. The summed E-state index contributed by atoms with van der Waals surface area (Å²) in [6.07, 6.45) is 0.887. The molecule has 0 aliphatic carbocycles. The highest BCUT2D eigenvalue weighted by Crippen LogP contribution is 2.26. The van der Waals surface area contributed by atoms with Gasteiger partial charge >= 0.3 is 5.97 Å². The summed E-state index contributed by atoms with van der Waals surface area (Å²) >= 11 is 0. The Hall–Kier alpha value is -3.47. The van der Waals surface area contributed by atoms with Crippen molar-refractivity contribution in [3.8, 4) is 0 Å². The van der Waals surface area contributed by atoms with Crippen LogP contribution in [0.2, 0.25) is 0 Å². The van der Waals surface area contributed by atoms with Gasteiger partial charge in [-0.1, -0.05) is 18.2 Å². The average Bonchev–Trinajstić information content (AvgIpc) is 2.67. The molecule has 0 bridgehead atoms. The van der Waals surface area contributed by atoms with E-state index in [1.807, 2.05) is 0 Å². The third-order valence-electron chi connectivity index (χ3n) is 3.97. The fraction of sp³-hybridized carbons (Fsp3) is 0.222. The van der Waals surface area contributed by atoms with Crippen LogP contribution in [0.1, 0.15) is 17.3 Å². The van der Waals surface area contributed by atoms with E-state index < -0.39 is 32.9 Å². The van der Waals surface area contributed by atoms with Crippen molar-refractivity contribution in [2.45, 2.75) is 13.0 Å². The average molecular weight is 421 g/mol. The van der Waals surface area contributed by atoms with Crippen LogP contribution < -0.4 is 9.62 Å². The predicted octanol–water partition coefficient (Wildman–Crippen LogP) is 2.17. The molecular weight excluding hydrogens is 402 g/mol. The van der Waals surface area contributed by atoms with Crippen molar-refractivity contribution in [1.29, 1.82) is 0 Å². The van der Waals surface area contributed by atoms with E-state index >= 15 is 0 Å². The quantitative estimate of drug-likeness (QED) is 0.411. The van der Waals surface area contributed by atoms with Crippen LogP contribution in [0, 0.1) is 10.1 Å². The highest BCUT2D eigenvalue weighted by Gasteiger charge is 2.30. The van der Waals surface area contributed by atoms with Gasteiger partial charge in [-0.3, -0.25) is 19.2 Å². The highest BCUT2D eigenvalue weighted by molar-refractivity contribution is 7.92. The van der Waals surface area contributed by atoms with Gasteiger partial charge in [-0.05, 0) is 25.1 Å².